The highest BCUT2D eigenvalue weighted by Crippen LogP contribution is 2.37. The van der Waals surface area contributed by atoms with Crippen LogP contribution in [0.25, 0.3) is 0 Å². The van der Waals surface area contributed by atoms with Crippen LogP contribution in [0.2, 0.25) is 0 Å². The van der Waals surface area contributed by atoms with Crippen molar-refractivity contribution < 1.29 is 14.3 Å². The summed E-state index contributed by atoms with van der Waals surface area (Å²) >= 11 is 0. The number of fused-ring (bicyclic) bond motifs is 1. The van der Waals surface area contributed by atoms with Crippen LogP contribution in [0.15, 0.2) is 30.9 Å². The molecule has 2 aliphatic rings. The van der Waals surface area contributed by atoms with E-state index in [1.807, 2.05) is 11.0 Å². The minimum atomic E-state index is 0.0782. The van der Waals surface area contributed by atoms with Gasteiger partial charge in [-0.25, -0.2) is 4.98 Å². The molecule has 1 aromatic carbocycles. The third-order valence-electron chi connectivity index (χ3n) is 5.22. The predicted octanol–water partition coefficient (Wildman–Crippen LogP) is 2.27. The SMILES string of the molecule is C[C@]1(Cc2ccc3c(c2)OCO3)CCC(=O)N(CCCn2cncn2)C1. The van der Waals surface area contributed by atoms with Gasteiger partial charge >= 0.3 is 0 Å². The number of aromatic nitrogens is 3. The first kappa shape index (κ1) is 16.9. The largest absolute Gasteiger partial charge is 0.454 e. The minimum absolute atomic E-state index is 0.0782. The second kappa shape index (κ2) is 6.97. The number of aryl methyl sites for hydroxylation is 1. The number of piperidine rings is 1. The van der Waals surface area contributed by atoms with Gasteiger partial charge in [-0.2, -0.15) is 5.10 Å². The molecule has 7 nitrogen and oxygen atoms in total. The van der Waals surface area contributed by atoms with Gasteiger partial charge in [0, 0.05) is 26.1 Å². The van der Waals surface area contributed by atoms with Crippen LogP contribution in [-0.2, 0) is 17.8 Å². The monoisotopic (exact) mass is 356 g/mol. The first-order valence-electron chi connectivity index (χ1n) is 9.10. The number of benzene rings is 1. The molecule has 3 heterocycles. The van der Waals surface area contributed by atoms with Crippen LogP contribution in [0.5, 0.6) is 11.5 Å². The summed E-state index contributed by atoms with van der Waals surface area (Å²) in [6, 6.07) is 6.15. The van der Waals surface area contributed by atoms with E-state index >= 15 is 0 Å². The topological polar surface area (TPSA) is 69.5 Å². The van der Waals surface area contributed by atoms with Gasteiger partial charge in [-0.15, -0.1) is 0 Å². The summed E-state index contributed by atoms with van der Waals surface area (Å²) in [6.45, 7) is 4.90. The third kappa shape index (κ3) is 3.66. The lowest BCUT2D eigenvalue weighted by Crippen LogP contribution is -2.46. The number of hydrogen-bond acceptors (Lipinski definition) is 5. The molecule has 2 aromatic rings. The van der Waals surface area contributed by atoms with Crippen LogP contribution in [0.1, 0.15) is 31.7 Å². The molecule has 138 valence electrons. The van der Waals surface area contributed by atoms with Crippen molar-refractivity contribution in [1.82, 2.24) is 19.7 Å². The molecule has 0 unspecified atom stereocenters. The number of carbonyl (C=O) groups excluding carboxylic acids is 1. The molecule has 0 aliphatic carbocycles. The maximum absolute atomic E-state index is 12.3. The number of amides is 1. The first-order chi connectivity index (χ1) is 12.6. The second-order valence-corrected chi connectivity index (χ2v) is 7.50. The summed E-state index contributed by atoms with van der Waals surface area (Å²) in [5.74, 6) is 1.89. The van der Waals surface area contributed by atoms with Gasteiger partial charge in [0.2, 0.25) is 12.7 Å². The number of rotatable bonds is 6. The van der Waals surface area contributed by atoms with E-state index in [9.17, 15) is 4.79 Å². The molecule has 0 spiro atoms. The van der Waals surface area contributed by atoms with Crippen LogP contribution in [-0.4, -0.2) is 45.5 Å². The van der Waals surface area contributed by atoms with E-state index < -0.39 is 0 Å². The Kier molecular flexibility index (Phi) is 4.53. The van der Waals surface area contributed by atoms with Gasteiger partial charge < -0.3 is 14.4 Å². The Hall–Kier alpha value is -2.57. The first-order valence-corrected chi connectivity index (χ1v) is 9.10. The Bertz CT molecular complexity index is 777. The number of nitrogens with zero attached hydrogens (tertiary/aromatic N) is 4. The summed E-state index contributed by atoms with van der Waals surface area (Å²) in [5, 5.41) is 4.11. The van der Waals surface area contributed by atoms with Crippen molar-refractivity contribution in [2.24, 2.45) is 5.41 Å². The zero-order valence-electron chi connectivity index (χ0n) is 15.1. The number of carbonyl (C=O) groups is 1. The van der Waals surface area contributed by atoms with Gasteiger partial charge in [0.25, 0.3) is 0 Å². The normalized spacial score (nSPS) is 22.0. The van der Waals surface area contributed by atoms with Crippen molar-refractivity contribution in [3.05, 3.63) is 36.4 Å². The van der Waals surface area contributed by atoms with Crippen LogP contribution in [0.4, 0.5) is 0 Å². The fraction of sp³-hybridized carbons (Fsp3) is 0.526. The Morgan fingerprint density at radius 3 is 2.96 bits per heavy atom. The van der Waals surface area contributed by atoms with Gasteiger partial charge in [-0.05, 0) is 42.4 Å². The summed E-state index contributed by atoms with van der Waals surface area (Å²) in [6.07, 6.45) is 6.59. The van der Waals surface area contributed by atoms with Gasteiger partial charge in [0.1, 0.15) is 12.7 Å². The van der Waals surface area contributed by atoms with Gasteiger partial charge in [0.05, 0.1) is 0 Å². The molecule has 1 atom stereocenters. The Morgan fingerprint density at radius 1 is 1.23 bits per heavy atom. The van der Waals surface area contributed by atoms with Crippen molar-refractivity contribution in [3.8, 4) is 11.5 Å². The Labute approximate surface area is 152 Å². The van der Waals surface area contributed by atoms with Gasteiger partial charge in [-0.3, -0.25) is 9.48 Å². The fourth-order valence-corrected chi connectivity index (χ4v) is 3.86. The maximum atomic E-state index is 12.3. The zero-order chi connectivity index (χ0) is 18.0. The Morgan fingerprint density at radius 2 is 2.12 bits per heavy atom. The summed E-state index contributed by atoms with van der Waals surface area (Å²) < 4.78 is 12.7. The Balaban J connectivity index is 1.37. The highest BCUT2D eigenvalue weighted by molar-refractivity contribution is 5.77. The van der Waals surface area contributed by atoms with Crippen molar-refractivity contribution in [2.75, 3.05) is 19.9 Å². The summed E-state index contributed by atoms with van der Waals surface area (Å²) in [7, 11) is 0. The molecule has 26 heavy (non-hydrogen) atoms. The van der Waals surface area contributed by atoms with Gasteiger partial charge in [-0.1, -0.05) is 13.0 Å². The molecular weight excluding hydrogens is 332 g/mol. The highest BCUT2D eigenvalue weighted by Gasteiger charge is 2.35. The van der Waals surface area contributed by atoms with E-state index in [-0.39, 0.29) is 11.3 Å². The molecule has 1 amide bonds. The van der Waals surface area contributed by atoms with Crippen LogP contribution in [0, 0.1) is 5.41 Å². The maximum Gasteiger partial charge on any atom is 0.231 e. The molecule has 0 bridgehead atoms. The van der Waals surface area contributed by atoms with Crippen LogP contribution < -0.4 is 9.47 Å². The van der Waals surface area contributed by atoms with E-state index in [4.69, 9.17) is 9.47 Å². The molecule has 2 aliphatic heterocycles. The van der Waals surface area contributed by atoms with E-state index in [1.54, 1.807) is 11.0 Å². The minimum Gasteiger partial charge on any atom is -0.454 e. The van der Waals surface area contributed by atoms with Crippen LogP contribution in [0.3, 0.4) is 0 Å². The molecule has 0 radical (unpaired) electrons. The molecule has 0 N–H and O–H groups in total. The molecule has 1 aromatic heterocycles. The molecule has 1 saturated heterocycles. The summed E-state index contributed by atoms with van der Waals surface area (Å²) in [4.78, 5) is 18.3. The number of likely N-dealkylation sites (tertiary alicyclic amines) is 1. The average molecular weight is 356 g/mol. The van der Waals surface area contributed by atoms with Crippen molar-refractivity contribution in [3.63, 3.8) is 0 Å². The molecule has 7 heteroatoms. The van der Waals surface area contributed by atoms with E-state index in [0.717, 1.165) is 50.4 Å². The lowest BCUT2D eigenvalue weighted by Gasteiger charge is -2.40. The van der Waals surface area contributed by atoms with Gasteiger partial charge in [0.15, 0.2) is 11.5 Å². The number of ether oxygens (including phenoxy) is 2. The molecule has 0 saturated carbocycles. The number of hydrogen-bond donors (Lipinski definition) is 0. The smallest absolute Gasteiger partial charge is 0.231 e. The zero-order valence-corrected chi connectivity index (χ0v) is 15.1. The van der Waals surface area contributed by atoms with E-state index in [1.165, 1.54) is 11.9 Å². The van der Waals surface area contributed by atoms with Crippen molar-refractivity contribution in [1.29, 1.82) is 0 Å². The quantitative estimate of drug-likeness (QED) is 0.794. The molecular formula is C19H24N4O3. The predicted molar refractivity (Wildman–Crippen MR) is 94.8 cm³/mol. The summed E-state index contributed by atoms with van der Waals surface area (Å²) in [5.41, 5.74) is 1.31. The van der Waals surface area contributed by atoms with E-state index in [2.05, 4.69) is 29.1 Å². The standard InChI is InChI=1S/C19H24N4O3/c1-19(10-15-3-4-16-17(9-15)26-14-25-16)6-5-18(24)22(11-19)7-2-8-23-13-20-12-21-23/h3-4,9,12-13H,2,5-8,10-11,14H2,1H3/t19-/m1/s1. The van der Waals surface area contributed by atoms with Crippen molar-refractivity contribution >= 4 is 5.91 Å². The second-order valence-electron chi connectivity index (χ2n) is 7.50. The third-order valence-corrected chi connectivity index (χ3v) is 5.22. The van der Waals surface area contributed by atoms with Crippen LogP contribution >= 0.6 is 0 Å². The van der Waals surface area contributed by atoms with E-state index in [0.29, 0.717) is 13.2 Å². The molecule has 1 fully saturated rings. The van der Waals surface area contributed by atoms with Crippen molar-refractivity contribution in [2.45, 2.75) is 39.2 Å². The highest BCUT2D eigenvalue weighted by atomic mass is 16.7. The average Bonchev–Trinajstić information content (AvgIpc) is 3.29. The fourth-order valence-electron chi connectivity index (χ4n) is 3.86. The molecule has 4 rings (SSSR count). The lowest BCUT2D eigenvalue weighted by atomic mass is 9.76. The lowest BCUT2D eigenvalue weighted by molar-refractivity contribution is -0.137.